The lowest BCUT2D eigenvalue weighted by atomic mass is 10.1. The van der Waals surface area contributed by atoms with E-state index in [2.05, 4.69) is 11.1 Å². The standard InChI is InChI=1S/C16H13NO3S/c1-20-14-5-4-10-6-12(3-2-11(10)7-14)16-17-13(9-21-16)8-15(18)19/h2-7,9H,8H2,1H3,(H,18,19). The summed E-state index contributed by atoms with van der Waals surface area (Å²) in [5, 5.41) is 13.6. The lowest BCUT2D eigenvalue weighted by molar-refractivity contribution is -0.136. The van der Waals surface area contributed by atoms with E-state index in [1.807, 2.05) is 30.3 Å². The number of rotatable bonds is 4. The fraction of sp³-hybridized carbons (Fsp3) is 0.125. The molecule has 1 heterocycles. The minimum absolute atomic E-state index is 0.0404. The first-order valence-electron chi connectivity index (χ1n) is 6.40. The average molecular weight is 299 g/mol. The number of hydrogen-bond acceptors (Lipinski definition) is 4. The van der Waals surface area contributed by atoms with Gasteiger partial charge in [0, 0.05) is 10.9 Å². The Labute approximate surface area is 125 Å². The topological polar surface area (TPSA) is 59.4 Å². The van der Waals surface area contributed by atoms with Gasteiger partial charge in [0.1, 0.15) is 10.8 Å². The summed E-state index contributed by atoms with van der Waals surface area (Å²) in [4.78, 5) is 15.1. The van der Waals surface area contributed by atoms with Crippen molar-refractivity contribution in [3.63, 3.8) is 0 Å². The maximum Gasteiger partial charge on any atom is 0.309 e. The number of nitrogens with zero attached hydrogens (tertiary/aromatic N) is 1. The van der Waals surface area contributed by atoms with E-state index in [-0.39, 0.29) is 6.42 Å². The molecule has 1 aromatic heterocycles. The SMILES string of the molecule is COc1ccc2cc(-c3nc(CC(=O)O)cs3)ccc2c1. The Morgan fingerprint density at radius 2 is 2.00 bits per heavy atom. The number of methoxy groups -OCH3 is 1. The Morgan fingerprint density at radius 1 is 1.24 bits per heavy atom. The second-order valence-corrected chi connectivity index (χ2v) is 5.50. The number of thiazole rings is 1. The van der Waals surface area contributed by atoms with Crippen molar-refractivity contribution in [1.82, 2.24) is 4.98 Å². The molecular formula is C16H13NO3S. The van der Waals surface area contributed by atoms with Crippen LogP contribution in [-0.4, -0.2) is 23.2 Å². The van der Waals surface area contributed by atoms with Gasteiger partial charge in [-0.3, -0.25) is 4.79 Å². The molecule has 0 aliphatic carbocycles. The zero-order chi connectivity index (χ0) is 14.8. The lowest BCUT2D eigenvalue weighted by Crippen LogP contribution is -1.99. The number of carboxylic acid groups (broad SMARTS) is 1. The van der Waals surface area contributed by atoms with Crippen LogP contribution in [0.2, 0.25) is 0 Å². The van der Waals surface area contributed by atoms with E-state index in [0.29, 0.717) is 5.69 Å². The summed E-state index contributed by atoms with van der Waals surface area (Å²) in [7, 11) is 1.65. The molecule has 0 radical (unpaired) electrons. The molecule has 0 unspecified atom stereocenters. The van der Waals surface area contributed by atoms with Crippen LogP contribution in [0.3, 0.4) is 0 Å². The molecule has 0 saturated carbocycles. The molecule has 0 aliphatic heterocycles. The molecule has 0 amide bonds. The van der Waals surface area contributed by atoms with Gasteiger partial charge in [-0.25, -0.2) is 4.98 Å². The Morgan fingerprint density at radius 3 is 2.76 bits per heavy atom. The summed E-state index contributed by atoms with van der Waals surface area (Å²) < 4.78 is 5.21. The number of carboxylic acids is 1. The lowest BCUT2D eigenvalue weighted by Gasteiger charge is -2.04. The van der Waals surface area contributed by atoms with Gasteiger partial charge in [-0.1, -0.05) is 18.2 Å². The van der Waals surface area contributed by atoms with Crippen LogP contribution >= 0.6 is 11.3 Å². The fourth-order valence-electron chi connectivity index (χ4n) is 2.16. The third-order valence-corrected chi connectivity index (χ3v) is 4.12. The molecule has 0 bridgehead atoms. The monoisotopic (exact) mass is 299 g/mol. The molecule has 3 aromatic rings. The molecule has 0 spiro atoms. The largest absolute Gasteiger partial charge is 0.497 e. The molecule has 0 saturated heterocycles. The third-order valence-electron chi connectivity index (χ3n) is 3.18. The fourth-order valence-corrected chi connectivity index (χ4v) is 2.98. The molecule has 0 fully saturated rings. The van der Waals surface area contributed by atoms with Gasteiger partial charge in [-0.05, 0) is 29.0 Å². The van der Waals surface area contributed by atoms with Crippen molar-refractivity contribution in [1.29, 1.82) is 0 Å². The van der Waals surface area contributed by atoms with Gasteiger partial charge in [0.2, 0.25) is 0 Å². The summed E-state index contributed by atoms with van der Waals surface area (Å²) >= 11 is 1.46. The van der Waals surface area contributed by atoms with Crippen LogP contribution in [0.5, 0.6) is 5.75 Å². The van der Waals surface area contributed by atoms with Gasteiger partial charge in [-0.15, -0.1) is 11.3 Å². The molecule has 106 valence electrons. The maximum atomic E-state index is 10.7. The van der Waals surface area contributed by atoms with Gasteiger partial charge >= 0.3 is 5.97 Å². The number of fused-ring (bicyclic) bond motifs is 1. The molecule has 2 aromatic carbocycles. The van der Waals surface area contributed by atoms with Crippen LogP contribution in [0.4, 0.5) is 0 Å². The zero-order valence-corrected chi connectivity index (χ0v) is 12.2. The van der Waals surface area contributed by atoms with Gasteiger partial charge in [0.25, 0.3) is 0 Å². The summed E-state index contributed by atoms with van der Waals surface area (Å²) in [6.07, 6.45) is -0.0404. The zero-order valence-electron chi connectivity index (χ0n) is 11.4. The minimum atomic E-state index is -0.863. The normalized spacial score (nSPS) is 10.7. The van der Waals surface area contributed by atoms with Gasteiger partial charge in [0.05, 0.1) is 19.2 Å². The molecule has 0 atom stereocenters. The number of benzene rings is 2. The summed E-state index contributed by atoms with van der Waals surface area (Å²) in [6, 6.07) is 12.0. The van der Waals surface area contributed by atoms with Crippen molar-refractivity contribution in [2.45, 2.75) is 6.42 Å². The van der Waals surface area contributed by atoms with Crippen LogP contribution < -0.4 is 4.74 Å². The van der Waals surface area contributed by atoms with E-state index in [1.54, 1.807) is 12.5 Å². The molecule has 0 aliphatic rings. The molecule has 21 heavy (non-hydrogen) atoms. The predicted octanol–water partition coefficient (Wildman–Crippen LogP) is 3.60. The molecule has 4 nitrogen and oxygen atoms in total. The minimum Gasteiger partial charge on any atom is -0.497 e. The second kappa shape index (κ2) is 5.54. The molecular weight excluding hydrogens is 286 g/mol. The first-order chi connectivity index (χ1) is 10.2. The number of carbonyl (C=O) groups is 1. The third kappa shape index (κ3) is 2.87. The van der Waals surface area contributed by atoms with Crippen LogP contribution in [-0.2, 0) is 11.2 Å². The highest BCUT2D eigenvalue weighted by Crippen LogP contribution is 2.29. The highest BCUT2D eigenvalue weighted by molar-refractivity contribution is 7.13. The predicted molar refractivity (Wildman–Crippen MR) is 82.9 cm³/mol. The van der Waals surface area contributed by atoms with Crippen molar-refractivity contribution in [2.24, 2.45) is 0 Å². The first-order valence-corrected chi connectivity index (χ1v) is 7.28. The highest BCUT2D eigenvalue weighted by Gasteiger charge is 2.08. The number of hydrogen-bond donors (Lipinski definition) is 1. The summed E-state index contributed by atoms with van der Waals surface area (Å²) in [5.74, 6) is -0.0364. The van der Waals surface area contributed by atoms with Crippen molar-refractivity contribution < 1.29 is 14.6 Å². The smallest absolute Gasteiger partial charge is 0.309 e. The van der Waals surface area contributed by atoms with Gasteiger partial charge in [-0.2, -0.15) is 0 Å². The summed E-state index contributed by atoms with van der Waals surface area (Å²) in [5.41, 5.74) is 1.59. The number of aromatic nitrogens is 1. The van der Waals surface area contributed by atoms with Gasteiger partial charge in [0.15, 0.2) is 0 Å². The Hall–Kier alpha value is -2.40. The first kappa shape index (κ1) is 13.6. The quantitative estimate of drug-likeness (QED) is 0.799. The van der Waals surface area contributed by atoms with Gasteiger partial charge < -0.3 is 9.84 Å². The number of aliphatic carboxylic acids is 1. The van der Waals surface area contributed by atoms with Crippen molar-refractivity contribution in [3.8, 4) is 16.3 Å². The summed E-state index contributed by atoms with van der Waals surface area (Å²) in [6.45, 7) is 0. The van der Waals surface area contributed by atoms with E-state index in [0.717, 1.165) is 27.1 Å². The van der Waals surface area contributed by atoms with E-state index < -0.39 is 5.97 Å². The van der Waals surface area contributed by atoms with E-state index in [4.69, 9.17) is 9.84 Å². The van der Waals surface area contributed by atoms with Crippen LogP contribution in [0.25, 0.3) is 21.3 Å². The van der Waals surface area contributed by atoms with E-state index >= 15 is 0 Å². The molecule has 1 N–H and O–H groups in total. The maximum absolute atomic E-state index is 10.7. The van der Waals surface area contributed by atoms with Crippen molar-refractivity contribution in [2.75, 3.05) is 7.11 Å². The van der Waals surface area contributed by atoms with E-state index in [9.17, 15) is 4.79 Å². The van der Waals surface area contributed by atoms with Crippen LogP contribution in [0.1, 0.15) is 5.69 Å². The number of ether oxygens (including phenoxy) is 1. The Kier molecular flexibility index (Phi) is 3.58. The molecule has 3 rings (SSSR count). The highest BCUT2D eigenvalue weighted by atomic mass is 32.1. The van der Waals surface area contributed by atoms with E-state index in [1.165, 1.54) is 11.3 Å². The van der Waals surface area contributed by atoms with Crippen molar-refractivity contribution >= 4 is 28.1 Å². The average Bonchev–Trinajstić information content (AvgIpc) is 2.93. The Balaban J connectivity index is 1.97. The molecule has 5 heteroatoms. The Bertz CT molecular complexity index is 810. The van der Waals surface area contributed by atoms with Crippen LogP contribution in [0, 0.1) is 0 Å². The second-order valence-electron chi connectivity index (χ2n) is 4.64. The van der Waals surface area contributed by atoms with Crippen molar-refractivity contribution in [3.05, 3.63) is 47.5 Å². The van der Waals surface area contributed by atoms with Crippen LogP contribution in [0.15, 0.2) is 41.8 Å².